The monoisotopic (exact) mass is 512 g/mol. The van der Waals surface area contributed by atoms with Crippen molar-refractivity contribution >= 4 is 5.97 Å². The van der Waals surface area contributed by atoms with E-state index in [2.05, 4.69) is 27.7 Å². The Kier molecular flexibility index (Phi) is 7.43. The fourth-order valence-corrected chi connectivity index (χ4v) is 10.3. The molecule has 0 radical (unpaired) electrons. The molecule has 0 bridgehead atoms. The van der Waals surface area contributed by atoms with Crippen molar-refractivity contribution in [3.05, 3.63) is 29.8 Å². The second-order valence-electron chi connectivity index (χ2n) is 13.5. The van der Waals surface area contributed by atoms with Gasteiger partial charge in [-0.05, 0) is 116 Å². The van der Waals surface area contributed by atoms with Crippen LogP contribution in [0, 0.1) is 52.3 Å². The van der Waals surface area contributed by atoms with Gasteiger partial charge in [-0.15, -0.1) is 0 Å². The lowest BCUT2D eigenvalue weighted by molar-refractivity contribution is -0.203. The van der Waals surface area contributed by atoms with Gasteiger partial charge in [0.2, 0.25) is 0 Å². The molecule has 4 aliphatic rings. The van der Waals surface area contributed by atoms with Gasteiger partial charge in [0, 0.05) is 0 Å². The minimum atomic E-state index is -0.952. The van der Waals surface area contributed by atoms with Crippen LogP contribution in [-0.2, 0) is 0 Å². The first kappa shape index (κ1) is 27.0. The molecule has 4 fully saturated rings. The number of para-hydroxylation sites is 1. The van der Waals surface area contributed by atoms with Crippen LogP contribution >= 0.6 is 0 Å². The molecule has 0 aromatic heterocycles. The minimum absolute atomic E-state index is 0.203. The van der Waals surface area contributed by atoms with Crippen molar-refractivity contribution < 1.29 is 24.9 Å². The minimum Gasteiger partial charge on any atom is -0.493 e. The lowest BCUT2D eigenvalue weighted by Gasteiger charge is -2.64. The number of carbonyl (C=O) groups is 1. The number of rotatable bonds is 7. The number of benzene rings is 1. The van der Waals surface area contributed by atoms with E-state index in [0.717, 1.165) is 32.1 Å². The fourth-order valence-electron chi connectivity index (χ4n) is 10.3. The summed E-state index contributed by atoms with van der Waals surface area (Å²) in [6.45, 7) is 10.1. The van der Waals surface area contributed by atoms with E-state index in [4.69, 9.17) is 4.74 Å². The molecule has 0 heterocycles. The Morgan fingerprint density at radius 3 is 2.46 bits per heavy atom. The van der Waals surface area contributed by atoms with E-state index >= 15 is 0 Å². The summed E-state index contributed by atoms with van der Waals surface area (Å²) in [5, 5.41) is 31.8. The molecule has 1 aromatic rings. The van der Waals surface area contributed by atoms with Gasteiger partial charge in [-0.25, -0.2) is 4.79 Å². The third-order valence-corrected chi connectivity index (χ3v) is 12.1. The molecule has 3 unspecified atom stereocenters. The van der Waals surface area contributed by atoms with Gasteiger partial charge in [0.15, 0.2) is 0 Å². The largest absolute Gasteiger partial charge is 0.493 e. The van der Waals surface area contributed by atoms with Crippen LogP contribution in [-0.4, -0.2) is 40.1 Å². The summed E-state index contributed by atoms with van der Waals surface area (Å²) in [6, 6.07) is 6.90. The Morgan fingerprint density at radius 1 is 1.03 bits per heavy atom. The molecule has 206 valence electrons. The van der Waals surface area contributed by atoms with Gasteiger partial charge < -0.3 is 20.1 Å². The summed E-state index contributed by atoms with van der Waals surface area (Å²) in [6.07, 6.45) is 9.15. The van der Waals surface area contributed by atoms with Crippen molar-refractivity contribution in [1.82, 2.24) is 0 Å². The molecule has 5 nitrogen and oxygen atoms in total. The van der Waals surface area contributed by atoms with Crippen LogP contribution in [0.25, 0.3) is 0 Å². The zero-order valence-electron chi connectivity index (χ0n) is 23.2. The lowest BCUT2D eigenvalue weighted by atomic mass is 9.41. The van der Waals surface area contributed by atoms with E-state index in [1.165, 1.54) is 25.7 Å². The quantitative estimate of drug-likeness (QED) is 0.393. The SMILES string of the molecule is CC[C@@H]1C2C[C@H](O)CC[C@@]2(C)[C@H]2CCC3(C)[C@@H]([C@H](C)CCOc4ccccc4C(=O)O)CC[C@H]3C2[C@@H]1O. The number of ether oxygens (including phenoxy) is 1. The highest BCUT2D eigenvalue weighted by molar-refractivity contribution is 5.90. The molecular weight excluding hydrogens is 464 g/mol. The van der Waals surface area contributed by atoms with Crippen LogP contribution in [0.2, 0.25) is 0 Å². The smallest absolute Gasteiger partial charge is 0.339 e. The highest BCUT2D eigenvalue weighted by Gasteiger charge is 2.64. The number of carboxylic acids is 1. The number of fused-ring (bicyclic) bond motifs is 5. The molecule has 0 aliphatic heterocycles. The Morgan fingerprint density at radius 2 is 1.73 bits per heavy atom. The maximum atomic E-state index is 11.9. The van der Waals surface area contributed by atoms with E-state index in [9.17, 15) is 20.1 Å². The molecule has 5 rings (SSSR count). The molecule has 1 aromatic carbocycles. The summed E-state index contributed by atoms with van der Waals surface area (Å²) in [5.74, 6) is 2.80. The van der Waals surface area contributed by atoms with Crippen LogP contribution in [0.5, 0.6) is 5.75 Å². The van der Waals surface area contributed by atoms with Gasteiger partial charge in [-0.3, -0.25) is 0 Å². The van der Waals surface area contributed by atoms with Crippen molar-refractivity contribution in [2.24, 2.45) is 52.3 Å². The van der Waals surface area contributed by atoms with Gasteiger partial charge in [0.25, 0.3) is 0 Å². The number of hydrogen-bond donors (Lipinski definition) is 3. The van der Waals surface area contributed by atoms with E-state index in [0.29, 0.717) is 53.8 Å². The third-order valence-electron chi connectivity index (χ3n) is 12.1. The lowest BCUT2D eigenvalue weighted by Crippen LogP contribution is -2.62. The molecular formula is C32H48O5. The van der Waals surface area contributed by atoms with Crippen molar-refractivity contribution in [2.75, 3.05) is 6.61 Å². The summed E-state index contributed by atoms with van der Waals surface area (Å²) in [4.78, 5) is 11.5. The van der Waals surface area contributed by atoms with Gasteiger partial charge >= 0.3 is 5.97 Å². The molecule has 5 heteroatoms. The Balaban J connectivity index is 1.30. The van der Waals surface area contributed by atoms with E-state index < -0.39 is 5.97 Å². The zero-order chi connectivity index (χ0) is 26.5. The number of aliphatic hydroxyl groups is 2. The number of hydrogen-bond acceptors (Lipinski definition) is 4. The summed E-state index contributed by atoms with van der Waals surface area (Å²) < 4.78 is 5.97. The Labute approximate surface area is 223 Å². The van der Waals surface area contributed by atoms with Crippen LogP contribution in [0.3, 0.4) is 0 Å². The van der Waals surface area contributed by atoms with Crippen LogP contribution in [0.15, 0.2) is 24.3 Å². The van der Waals surface area contributed by atoms with Crippen molar-refractivity contribution in [2.45, 2.75) is 97.7 Å². The standard InChI is InChI=1S/C32H48O5/c1-5-21-26-18-20(33)12-15-32(26,4)25-13-16-31(3)23(10-11-24(31)28(25)29(21)34)19(2)14-17-37-27-9-7-6-8-22(27)30(35)36/h6-9,19-21,23-26,28-29,33-34H,5,10-18H2,1-4H3,(H,35,36)/t19-,20-,21-,23-,24+,25+,26?,28?,29-,31?,32+/m1/s1. The van der Waals surface area contributed by atoms with Crippen molar-refractivity contribution in [3.63, 3.8) is 0 Å². The van der Waals surface area contributed by atoms with E-state index in [1.807, 2.05) is 6.07 Å². The molecule has 0 saturated heterocycles. The van der Waals surface area contributed by atoms with Gasteiger partial charge in [0.05, 0.1) is 18.8 Å². The molecule has 4 aliphatic carbocycles. The van der Waals surface area contributed by atoms with Crippen molar-refractivity contribution in [1.29, 1.82) is 0 Å². The molecule has 11 atom stereocenters. The summed E-state index contributed by atoms with van der Waals surface area (Å²) in [7, 11) is 0. The van der Waals surface area contributed by atoms with Crippen LogP contribution in [0.4, 0.5) is 0 Å². The average Bonchev–Trinajstić information content (AvgIpc) is 3.22. The molecule has 0 spiro atoms. The van der Waals surface area contributed by atoms with E-state index in [1.54, 1.807) is 18.2 Å². The maximum Gasteiger partial charge on any atom is 0.339 e. The number of carboxylic acid groups (broad SMARTS) is 1. The predicted octanol–water partition coefficient (Wildman–Crippen LogP) is 6.42. The second kappa shape index (κ2) is 10.2. The first-order chi connectivity index (χ1) is 17.6. The van der Waals surface area contributed by atoms with Crippen LogP contribution in [0.1, 0.15) is 95.8 Å². The first-order valence-electron chi connectivity index (χ1n) is 14.9. The van der Waals surface area contributed by atoms with Gasteiger partial charge in [-0.1, -0.05) is 46.2 Å². The van der Waals surface area contributed by atoms with Gasteiger partial charge in [-0.2, -0.15) is 0 Å². The number of aliphatic hydroxyl groups excluding tert-OH is 2. The normalized spacial score (nSPS) is 43.8. The number of aromatic carboxylic acids is 1. The van der Waals surface area contributed by atoms with Crippen molar-refractivity contribution in [3.8, 4) is 5.75 Å². The molecule has 37 heavy (non-hydrogen) atoms. The zero-order valence-corrected chi connectivity index (χ0v) is 23.2. The highest BCUT2D eigenvalue weighted by Crippen LogP contribution is 2.69. The fraction of sp³-hybridized carbons (Fsp3) is 0.781. The Hall–Kier alpha value is -1.59. The maximum absolute atomic E-state index is 11.9. The second-order valence-corrected chi connectivity index (χ2v) is 13.5. The first-order valence-corrected chi connectivity index (χ1v) is 14.9. The Bertz CT molecular complexity index is 978. The van der Waals surface area contributed by atoms with Gasteiger partial charge in [0.1, 0.15) is 11.3 Å². The van der Waals surface area contributed by atoms with Crippen LogP contribution < -0.4 is 4.74 Å². The molecule has 4 saturated carbocycles. The summed E-state index contributed by atoms with van der Waals surface area (Å²) >= 11 is 0. The average molecular weight is 513 g/mol. The third kappa shape index (κ3) is 4.42. The van der Waals surface area contributed by atoms with E-state index in [-0.39, 0.29) is 28.6 Å². The summed E-state index contributed by atoms with van der Waals surface area (Å²) in [5.41, 5.74) is 0.691. The molecule has 3 N–H and O–H groups in total. The topological polar surface area (TPSA) is 87.0 Å². The highest BCUT2D eigenvalue weighted by atomic mass is 16.5. The predicted molar refractivity (Wildman–Crippen MR) is 144 cm³/mol. The molecule has 0 amide bonds.